The van der Waals surface area contributed by atoms with Crippen LogP contribution in [0.2, 0.25) is 0 Å². The highest BCUT2D eigenvalue weighted by atomic mass is 32.2. The number of aryl methyl sites for hydroxylation is 1. The van der Waals surface area contributed by atoms with Crippen LogP contribution < -0.4 is 9.46 Å². The summed E-state index contributed by atoms with van der Waals surface area (Å²) in [5.41, 5.74) is 0.540. The van der Waals surface area contributed by atoms with Crippen LogP contribution in [0.1, 0.15) is 25.8 Å². The molecule has 2 aromatic carbocycles. The maximum atomic E-state index is 12.5. The Morgan fingerprint density at radius 1 is 1.12 bits per heavy atom. The van der Waals surface area contributed by atoms with E-state index < -0.39 is 14.9 Å². The highest BCUT2D eigenvalue weighted by Crippen LogP contribution is 2.31. The van der Waals surface area contributed by atoms with E-state index >= 15 is 0 Å². The molecule has 0 aliphatic rings. The van der Waals surface area contributed by atoms with Crippen molar-refractivity contribution < 1.29 is 18.1 Å². The molecule has 0 heterocycles. The summed E-state index contributed by atoms with van der Waals surface area (Å²) in [7, 11) is -3.92. The van der Waals surface area contributed by atoms with Gasteiger partial charge in [-0.15, -0.1) is 0 Å². The van der Waals surface area contributed by atoms with Gasteiger partial charge in [0, 0.05) is 0 Å². The number of benzene rings is 2. The van der Waals surface area contributed by atoms with E-state index in [2.05, 4.69) is 4.72 Å². The van der Waals surface area contributed by atoms with Gasteiger partial charge in [0.05, 0.1) is 22.5 Å². The minimum absolute atomic E-state index is 0.0466. The normalized spacial score (nSPS) is 11.1. The highest BCUT2D eigenvalue weighted by Gasteiger charge is 2.21. The van der Waals surface area contributed by atoms with Gasteiger partial charge in [-0.05, 0) is 42.7 Å². The molecule has 0 radical (unpaired) electrons. The molecular weight excluding hydrogens is 344 g/mol. The van der Waals surface area contributed by atoms with Crippen LogP contribution in [0.5, 0.6) is 5.75 Å². The van der Waals surface area contributed by atoms with Crippen LogP contribution >= 0.6 is 0 Å². The molecule has 8 heteroatoms. The molecule has 0 unspecified atom stereocenters. The van der Waals surface area contributed by atoms with Crippen molar-refractivity contribution in [3.8, 4) is 5.75 Å². The van der Waals surface area contributed by atoms with E-state index in [9.17, 15) is 18.5 Å². The SMILES string of the molecule is CCCOc1ccc(NS(=O)(=O)c2ccc(CC)cc2)c([N+](=O)[O-])c1. The minimum atomic E-state index is -3.92. The molecule has 134 valence electrons. The van der Waals surface area contributed by atoms with E-state index in [1.165, 1.54) is 30.3 Å². The standard InChI is InChI=1S/C17H20N2O5S/c1-3-11-24-14-7-10-16(17(12-14)19(20)21)18-25(22,23)15-8-5-13(4-2)6-9-15/h5-10,12,18H,3-4,11H2,1-2H3. The summed E-state index contributed by atoms with van der Waals surface area (Å²) in [6, 6.07) is 10.4. The Morgan fingerprint density at radius 3 is 2.36 bits per heavy atom. The number of anilines is 1. The first kappa shape index (κ1) is 18.7. The molecule has 0 saturated carbocycles. The number of hydrogen-bond acceptors (Lipinski definition) is 5. The maximum Gasteiger partial charge on any atom is 0.297 e. The predicted molar refractivity (Wildman–Crippen MR) is 95.5 cm³/mol. The second kappa shape index (κ2) is 7.98. The van der Waals surface area contributed by atoms with Crippen molar-refractivity contribution in [3.63, 3.8) is 0 Å². The molecule has 0 amide bonds. The summed E-state index contributed by atoms with van der Waals surface area (Å²) >= 11 is 0. The van der Waals surface area contributed by atoms with Gasteiger partial charge in [-0.3, -0.25) is 14.8 Å². The molecule has 0 bridgehead atoms. The number of sulfonamides is 1. The molecule has 0 spiro atoms. The molecule has 0 atom stereocenters. The van der Waals surface area contributed by atoms with Gasteiger partial charge >= 0.3 is 0 Å². The first-order valence-electron chi connectivity index (χ1n) is 7.90. The maximum absolute atomic E-state index is 12.5. The molecular formula is C17H20N2O5S. The average molecular weight is 364 g/mol. The van der Waals surface area contributed by atoms with Gasteiger partial charge in [0.15, 0.2) is 0 Å². The zero-order chi connectivity index (χ0) is 18.4. The van der Waals surface area contributed by atoms with Crippen molar-refractivity contribution in [2.75, 3.05) is 11.3 Å². The fourth-order valence-electron chi connectivity index (χ4n) is 2.17. The van der Waals surface area contributed by atoms with Crippen molar-refractivity contribution in [2.24, 2.45) is 0 Å². The topological polar surface area (TPSA) is 98.5 Å². The minimum Gasteiger partial charge on any atom is -0.493 e. The molecule has 1 N–H and O–H groups in total. The second-order valence-corrected chi connectivity index (χ2v) is 7.07. The van der Waals surface area contributed by atoms with E-state index in [0.29, 0.717) is 12.4 Å². The van der Waals surface area contributed by atoms with Crippen molar-refractivity contribution >= 4 is 21.4 Å². The van der Waals surface area contributed by atoms with Gasteiger partial charge in [0.25, 0.3) is 15.7 Å². The number of ether oxygens (including phenoxy) is 1. The third-order valence-electron chi connectivity index (χ3n) is 3.52. The van der Waals surface area contributed by atoms with E-state index in [1.54, 1.807) is 12.1 Å². The smallest absolute Gasteiger partial charge is 0.297 e. The molecule has 2 aromatic rings. The molecule has 0 aliphatic heterocycles. The van der Waals surface area contributed by atoms with E-state index in [1.807, 2.05) is 13.8 Å². The Kier molecular flexibility index (Phi) is 5.97. The average Bonchev–Trinajstić information content (AvgIpc) is 2.60. The lowest BCUT2D eigenvalue weighted by Gasteiger charge is -2.10. The lowest BCUT2D eigenvalue weighted by atomic mass is 10.2. The number of nitrogens with one attached hydrogen (secondary N) is 1. The van der Waals surface area contributed by atoms with Crippen molar-refractivity contribution in [2.45, 2.75) is 31.6 Å². The molecule has 0 saturated heterocycles. The number of nitro groups is 1. The number of nitro benzene ring substituents is 1. The number of nitrogens with zero attached hydrogens (tertiary/aromatic N) is 1. The Hall–Kier alpha value is -2.61. The monoisotopic (exact) mass is 364 g/mol. The van der Waals surface area contributed by atoms with Crippen LogP contribution in [-0.4, -0.2) is 19.9 Å². The second-order valence-electron chi connectivity index (χ2n) is 5.39. The van der Waals surface area contributed by atoms with Crippen molar-refractivity contribution in [3.05, 3.63) is 58.1 Å². The van der Waals surface area contributed by atoms with Gasteiger partial charge in [-0.2, -0.15) is 0 Å². The number of hydrogen-bond donors (Lipinski definition) is 1. The lowest BCUT2D eigenvalue weighted by Crippen LogP contribution is -2.14. The van der Waals surface area contributed by atoms with E-state index in [-0.39, 0.29) is 16.3 Å². The zero-order valence-corrected chi connectivity index (χ0v) is 14.9. The third-order valence-corrected chi connectivity index (χ3v) is 4.91. The Balaban J connectivity index is 2.32. The largest absolute Gasteiger partial charge is 0.493 e. The fraction of sp³-hybridized carbons (Fsp3) is 0.294. The summed E-state index contributed by atoms with van der Waals surface area (Å²) in [5, 5.41) is 11.3. The molecule has 7 nitrogen and oxygen atoms in total. The van der Waals surface area contributed by atoms with Crippen LogP contribution in [0.4, 0.5) is 11.4 Å². The van der Waals surface area contributed by atoms with E-state index in [0.717, 1.165) is 18.4 Å². The first-order valence-corrected chi connectivity index (χ1v) is 9.38. The summed E-state index contributed by atoms with van der Waals surface area (Å²) in [5.74, 6) is 0.323. The van der Waals surface area contributed by atoms with Crippen molar-refractivity contribution in [1.82, 2.24) is 0 Å². The van der Waals surface area contributed by atoms with E-state index in [4.69, 9.17) is 4.74 Å². The quantitative estimate of drug-likeness (QED) is 0.568. The fourth-order valence-corrected chi connectivity index (χ4v) is 3.24. The van der Waals surface area contributed by atoms with Gasteiger partial charge in [-0.25, -0.2) is 8.42 Å². The number of rotatable bonds is 8. The van der Waals surface area contributed by atoms with Crippen LogP contribution in [0.25, 0.3) is 0 Å². The highest BCUT2D eigenvalue weighted by molar-refractivity contribution is 7.92. The zero-order valence-electron chi connectivity index (χ0n) is 14.1. The lowest BCUT2D eigenvalue weighted by molar-refractivity contribution is -0.384. The Labute approximate surface area is 146 Å². The Morgan fingerprint density at radius 2 is 1.80 bits per heavy atom. The molecule has 25 heavy (non-hydrogen) atoms. The van der Waals surface area contributed by atoms with Gasteiger partial charge in [0.1, 0.15) is 11.4 Å². The van der Waals surface area contributed by atoms with Gasteiger partial charge in [0.2, 0.25) is 0 Å². The van der Waals surface area contributed by atoms with Crippen LogP contribution in [-0.2, 0) is 16.4 Å². The molecule has 2 rings (SSSR count). The summed E-state index contributed by atoms with van der Waals surface area (Å²) in [6.45, 7) is 4.31. The summed E-state index contributed by atoms with van der Waals surface area (Å²) in [6.07, 6.45) is 1.55. The van der Waals surface area contributed by atoms with Crippen LogP contribution in [0, 0.1) is 10.1 Å². The molecule has 0 aliphatic carbocycles. The third kappa shape index (κ3) is 4.69. The Bertz CT molecular complexity index is 848. The summed E-state index contributed by atoms with van der Waals surface area (Å²) in [4.78, 5) is 10.7. The summed E-state index contributed by atoms with van der Waals surface area (Å²) < 4.78 is 32.6. The molecule has 0 fully saturated rings. The van der Waals surface area contributed by atoms with Crippen molar-refractivity contribution in [1.29, 1.82) is 0 Å². The van der Waals surface area contributed by atoms with Crippen LogP contribution in [0.15, 0.2) is 47.4 Å². The van der Waals surface area contributed by atoms with Gasteiger partial charge in [-0.1, -0.05) is 26.0 Å². The predicted octanol–water partition coefficient (Wildman–Crippen LogP) is 3.75. The molecule has 0 aromatic heterocycles. The van der Waals surface area contributed by atoms with Gasteiger partial charge < -0.3 is 4.74 Å². The van der Waals surface area contributed by atoms with Crippen LogP contribution in [0.3, 0.4) is 0 Å². The first-order chi connectivity index (χ1) is 11.9.